The van der Waals surface area contributed by atoms with Gasteiger partial charge in [0.2, 0.25) is 0 Å². The average molecular weight is 268 g/mol. The number of nitro benzene ring substituents is 1. The molecule has 1 atom stereocenters. The maximum atomic E-state index is 10.9. The summed E-state index contributed by atoms with van der Waals surface area (Å²) in [5.41, 5.74) is -0.869. The van der Waals surface area contributed by atoms with Crippen LogP contribution in [-0.2, 0) is 4.79 Å². The molecule has 1 aromatic rings. The molecular weight excluding hydrogens is 252 g/mol. The highest BCUT2D eigenvalue weighted by Gasteiger charge is 2.33. The van der Waals surface area contributed by atoms with Crippen LogP contribution in [0.4, 0.5) is 11.4 Å². The Morgan fingerprint density at radius 3 is 2.58 bits per heavy atom. The number of hydrogen-bond acceptors (Lipinski definition) is 5. The van der Waals surface area contributed by atoms with Crippen LogP contribution in [0, 0.1) is 17.0 Å². The Kier molecular flexibility index (Phi) is 4.44. The molecule has 0 aliphatic rings. The molecule has 0 radical (unpaired) electrons. The summed E-state index contributed by atoms with van der Waals surface area (Å²) in [5.74, 6) is -1.30. The van der Waals surface area contributed by atoms with E-state index in [-0.39, 0.29) is 18.7 Å². The maximum Gasteiger partial charge on any atom is 0.337 e. The minimum Gasteiger partial charge on any atom is -0.479 e. The summed E-state index contributed by atoms with van der Waals surface area (Å²) in [6, 6.07) is 4.35. The molecule has 0 aromatic heterocycles. The number of carbonyl (C=O) groups is 1. The number of aliphatic carboxylic acids is 1. The Morgan fingerprint density at radius 2 is 2.16 bits per heavy atom. The number of hydrogen-bond donors (Lipinski definition) is 3. The van der Waals surface area contributed by atoms with E-state index in [2.05, 4.69) is 5.32 Å². The molecule has 0 heterocycles. The highest BCUT2D eigenvalue weighted by atomic mass is 16.6. The number of aliphatic hydroxyl groups is 1. The summed E-state index contributed by atoms with van der Waals surface area (Å²) in [6.07, 6.45) is 0.0568. The van der Waals surface area contributed by atoms with Crippen molar-refractivity contribution in [3.8, 4) is 0 Å². The van der Waals surface area contributed by atoms with Crippen LogP contribution >= 0.6 is 0 Å². The molecule has 0 aliphatic carbocycles. The van der Waals surface area contributed by atoms with Crippen LogP contribution < -0.4 is 5.32 Å². The first-order valence-corrected chi connectivity index (χ1v) is 5.75. The molecular formula is C12H16N2O5. The topological polar surface area (TPSA) is 113 Å². The highest BCUT2D eigenvalue weighted by molar-refractivity contribution is 5.78. The molecule has 19 heavy (non-hydrogen) atoms. The first-order chi connectivity index (χ1) is 8.80. The standard InChI is InChI=1S/C12H16N2O5/c1-3-12(17,11(15)16)7-13-9-4-5-10(14(18)19)8(2)6-9/h4-6,13,17H,3,7H2,1-2H3,(H,15,16)/t12-/m0/s1. The lowest BCUT2D eigenvalue weighted by Crippen LogP contribution is -2.44. The van der Waals surface area contributed by atoms with Crippen LogP contribution in [0.25, 0.3) is 0 Å². The van der Waals surface area contributed by atoms with Crippen molar-refractivity contribution in [3.63, 3.8) is 0 Å². The number of aryl methyl sites for hydroxylation is 1. The van der Waals surface area contributed by atoms with Gasteiger partial charge in [-0.3, -0.25) is 10.1 Å². The van der Waals surface area contributed by atoms with Crippen molar-refractivity contribution in [2.45, 2.75) is 25.9 Å². The van der Waals surface area contributed by atoms with Gasteiger partial charge >= 0.3 is 5.97 Å². The number of benzene rings is 1. The highest BCUT2D eigenvalue weighted by Crippen LogP contribution is 2.22. The molecule has 0 saturated carbocycles. The lowest BCUT2D eigenvalue weighted by molar-refractivity contribution is -0.385. The van der Waals surface area contributed by atoms with Gasteiger partial charge in [0, 0.05) is 17.3 Å². The van der Waals surface area contributed by atoms with Gasteiger partial charge < -0.3 is 15.5 Å². The zero-order valence-electron chi connectivity index (χ0n) is 10.7. The van der Waals surface area contributed by atoms with Gasteiger partial charge in [0.1, 0.15) is 0 Å². The molecule has 104 valence electrons. The molecule has 0 saturated heterocycles. The average Bonchev–Trinajstić information content (AvgIpc) is 2.35. The van der Waals surface area contributed by atoms with Crippen LogP contribution in [0.1, 0.15) is 18.9 Å². The number of carboxylic acid groups (broad SMARTS) is 1. The van der Waals surface area contributed by atoms with E-state index in [1.54, 1.807) is 13.8 Å². The van der Waals surface area contributed by atoms with Crippen molar-refractivity contribution in [2.75, 3.05) is 11.9 Å². The van der Waals surface area contributed by atoms with E-state index in [0.29, 0.717) is 11.3 Å². The molecule has 0 spiro atoms. The molecule has 0 unspecified atom stereocenters. The van der Waals surface area contributed by atoms with Crippen molar-refractivity contribution >= 4 is 17.3 Å². The summed E-state index contributed by atoms with van der Waals surface area (Å²) >= 11 is 0. The predicted molar refractivity (Wildman–Crippen MR) is 69.2 cm³/mol. The Bertz CT molecular complexity index is 503. The van der Waals surface area contributed by atoms with Gasteiger partial charge in [-0.1, -0.05) is 6.92 Å². The van der Waals surface area contributed by atoms with Crippen LogP contribution in [0.15, 0.2) is 18.2 Å². The molecule has 0 aliphatic heterocycles. The number of nitro groups is 1. The monoisotopic (exact) mass is 268 g/mol. The molecule has 1 aromatic carbocycles. The van der Waals surface area contributed by atoms with Gasteiger partial charge in [-0.05, 0) is 25.5 Å². The summed E-state index contributed by atoms with van der Waals surface area (Å²) < 4.78 is 0. The Morgan fingerprint density at radius 1 is 1.53 bits per heavy atom. The van der Waals surface area contributed by atoms with Gasteiger partial charge in [-0.25, -0.2) is 4.79 Å². The summed E-state index contributed by atoms with van der Waals surface area (Å²) in [4.78, 5) is 21.1. The molecule has 0 amide bonds. The van der Waals surface area contributed by atoms with Crippen LogP contribution in [0.5, 0.6) is 0 Å². The first kappa shape index (κ1) is 14.9. The molecule has 1 rings (SSSR count). The number of carboxylic acids is 1. The second-order valence-corrected chi connectivity index (χ2v) is 4.30. The number of nitrogens with zero attached hydrogens (tertiary/aromatic N) is 1. The third-order valence-corrected chi connectivity index (χ3v) is 2.96. The molecule has 3 N–H and O–H groups in total. The van der Waals surface area contributed by atoms with E-state index >= 15 is 0 Å². The van der Waals surface area contributed by atoms with Gasteiger partial charge in [-0.15, -0.1) is 0 Å². The van der Waals surface area contributed by atoms with Gasteiger partial charge in [0.05, 0.1) is 11.5 Å². The van der Waals surface area contributed by atoms with Gasteiger partial charge in [-0.2, -0.15) is 0 Å². The van der Waals surface area contributed by atoms with E-state index in [9.17, 15) is 20.0 Å². The number of anilines is 1. The molecule has 7 heteroatoms. The molecule has 0 bridgehead atoms. The zero-order chi connectivity index (χ0) is 14.6. The summed E-state index contributed by atoms with van der Waals surface area (Å²) in [6.45, 7) is 2.99. The predicted octanol–water partition coefficient (Wildman–Crippen LogP) is 1.54. The summed E-state index contributed by atoms with van der Waals surface area (Å²) in [5, 5.41) is 32.1. The van der Waals surface area contributed by atoms with E-state index in [1.807, 2.05) is 0 Å². The van der Waals surface area contributed by atoms with Crippen molar-refractivity contribution in [3.05, 3.63) is 33.9 Å². The van der Waals surface area contributed by atoms with Crippen LogP contribution in [-0.4, -0.2) is 33.3 Å². The van der Waals surface area contributed by atoms with Crippen molar-refractivity contribution in [1.29, 1.82) is 0 Å². The lowest BCUT2D eigenvalue weighted by Gasteiger charge is -2.22. The third-order valence-electron chi connectivity index (χ3n) is 2.96. The maximum absolute atomic E-state index is 10.9. The minimum absolute atomic E-state index is 0.00506. The SMILES string of the molecule is CC[C@](O)(CNc1ccc([N+](=O)[O-])c(C)c1)C(=O)O. The lowest BCUT2D eigenvalue weighted by atomic mass is 10.0. The largest absolute Gasteiger partial charge is 0.479 e. The normalized spacial score (nSPS) is 13.6. The second-order valence-electron chi connectivity index (χ2n) is 4.30. The molecule has 7 nitrogen and oxygen atoms in total. The van der Waals surface area contributed by atoms with Crippen molar-refractivity contribution < 1.29 is 19.9 Å². The van der Waals surface area contributed by atoms with E-state index in [0.717, 1.165) is 0 Å². The van der Waals surface area contributed by atoms with E-state index in [1.165, 1.54) is 18.2 Å². The van der Waals surface area contributed by atoms with Gasteiger partial charge in [0.25, 0.3) is 5.69 Å². The zero-order valence-corrected chi connectivity index (χ0v) is 10.7. The minimum atomic E-state index is -1.85. The smallest absolute Gasteiger partial charge is 0.337 e. The van der Waals surface area contributed by atoms with Crippen molar-refractivity contribution in [2.24, 2.45) is 0 Å². The second kappa shape index (κ2) is 5.66. The number of nitrogens with one attached hydrogen (secondary N) is 1. The van der Waals surface area contributed by atoms with E-state index in [4.69, 9.17) is 5.11 Å². The Balaban J connectivity index is 2.82. The first-order valence-electron chi connectivity index (χ1n) is 5.75. The van der Waals surface area contributed by atoms with Gasteiger partial charge in [0.15, 0.2) is 5.60 Å². The quantitative estimate of drug-likeness (QED) is 0.533. The van der Waals surface area contributed by atoms with Crippen LogP contribution in [0.2, 0.25) is 0 Å². The summed E-state index contributed by atoms with van der Waals surface area (Å²) in [7, 11) is 0. The number of rotatable bonds is 6. The Hall–Kier alpha value is -2.15. The third kappa shape index (κ3) is 3.41. The Labute approximate surface area is 110 Å². The van der Waals surface area contributed by atoms with Crippen molar-refractivity contribution in [1.82, 2.24) is 0 Å². The van der Waals surface area contributed by atoms with E-state index < -0.39 is 16.5 Å². The van der Waals surface area contributed by atoms with Crippen LogP contribution in [0.3, 0.4) is 0 Å². The fourth-order valence-electron chi connectivity index (χ4n) is 1.57. The fraction of sp³-hybridized carbons (Fsp3) is 0.417. The fourth-order valence-corrected chi connectivity index (χ4v) is 1.57. The molecule has 0 fully saturated rings.